The van der Waals surface area contributed by atoms with Crippen LogP contribution >= 0.6 is 11.6 Å². The lowest BCUT2D eigenvalue weighted by molar-refractivity contribution is -0.121. The molecule has 0 saturated heterocycles. The highest BCUT2D eigenvalue weighted by Crippen LogP contribution is 2.30. The van der Waals surface area contributed by atoms with Gasteiger partial charge in [0.2, 0.25) is 5.91 Å². The fourth-order valence-corrected chi connectivity index (χ4v) is 3.06. The Morgan fingerprint density at radius 2 is 2.08 bits per heavy atom. The van der Waals surface area contributed by atoms with Crippen LogP contribution in [0.3, 0.4) is 0 Å². The van der Waals surface area contributed by atoms with E-state index in [1.165, 1.54) is 0 Å². The van der Waals surface area contributed by atoms with Crippen LogP contribution in [0.4, 0.5) is 5.69 Å². The number of benzene rings is 1. The molecule has 2 N–H and O–H groups in total. The fraction of sp³-hybridized carbons (Fsp3) is 0.389. The van der Waals surface area contributed by atoms with E-state index >= 15 is 0 Å². The molecule has 1 saturated carbocycles. The molecule has 6 heteroatoms. The van der Waals surface area contributed by atoms with Crippen LogP contribution < -0.4 is 10.1 Å². The Morgan fingerprint density at radius 3 is 2.75 bits per heavy atom. The van der Waals surface area contributed by atoms with Crippen molar-refractivity contribution in [1.82, 2.24) is 0 Å². The van der Waals surface area contributed by atoms with E-state index in [0.29, 0.717) is 54.5 Å². The molecule has 128 valence electrons. The normalized spacial score (nSPS) is 20.6. The number of aliphatic hydroxyl groups excluding tert-OH is 1. The Kier molecular flexibility index (Phi) is 5.43. The van der Waals surface area contributed by atoms with Crippen LogP contribution in [0.2, 0.25) is 5.02 Å². The molecule has 1 aliphatic carbocycles. The number of hydrogen-bond acceptors (Lipinski definition) is 4. The van der Waals surface area contributed by atoms with Crippen LogP contribution in [0, 0.1) is 5.92 Å². The molecule has 2 aromatic rings. The molecule has 3 rings (SSSR count). The van der Waals surface area contributed by atoms with Crippen LogP contribution in [0.5, 0.6) is 5.75 Å². The molecule has 5 nitrogen and oxygen atoms in total. The molecule has 1 amide bonds. The molecule has 0 radical (unpaired) electrons. The second kappa shape index (κ2) is 7.73. The van der Waals surface area contributed by atoms with Gasteiger partial charge >= 0.3 is 0 Å². The van der Waals surface area contributed by atoms with Crippen molar-refractivity contribution >= 4 is 23.2 Å². The van der Waals surface area contributed by atoms with Gasteiger partial charge in [0.15, 0.2) is 0 Å². The first-order valence-electron chi connectivity index (χ1n) is 8.05. The van der Waals surface area contributed by atoms with Gasteiger partial charge in [0.25, 0.3) is 0 Å². The minimum absolute atomic E-state index is 0.0257. The molecule has 0 bridgehead atoms. The lowest BCUT2D eigenvalue weighted by atomic mass is 9.87. The highest BCUT2D eigenvalue weighted by atomic mass is 35.5. The molecule has 1 heterocycles. The van der Waals surface area contributed by atoms with Crippen LogP contribution in [-0.4, -0.2) is 17.1 Å². The van der Waals surface area contributed by atoms with Crippen molar-refractivity contribution in [3.8, 4) is 5.75 Å². The zero-order valence-electron chi connectivity index (χ0n) is 13.2. The average Bonchev–Trinajstić information content (AvgIpc) is 3.08. The zero-order valence-corrected chi connectivity index (χ0v) is 14.0. The SMILES string of the molecule is O=C(Nc1ccc(OCc2ccco2)c(Cl)c1)C1CCC(O)CC1. The lowest BCUT2D eigenvalue weighted by Crippen LogP contribution is -2.28. The molecule has 0 atom stereocenters. The largest absolute Gasteiger partial charge is 0.484 e. The number of hydrogen-bond donors (Lipinski definition) is 2. The summed E-state index contributed by atoms with van der Waals surface area (Å²) in [4.78, 5) is 12.3. The van der Waals surface area contributed by atoms with E-state index in [1.54, 1.807) is 30.5 Å². The highest BCUT2D eigenvalue weighted by Gasteiger charge is 2.25. The summed E-state index contributed by atoms with van der Waals surface area (Å²) < 4.78 is 10.8. The smallest absolute Gasteiger partial charge is 0.227 e. The van der Waals surface area contributed by atoms with Gasteiger partial charge in [-0.15, -0.1) is 0 Å². The Bertz CT molecular complexity index is 678. The molecule has 1 aromatic heterocycles. The third-order valence-electron chi connectivity index (χ3n) is 4.22. The number of furan rings is 1. The van der Waals surface area contributed by atoms with Crippen molar-refractivity contribution in [3.05, 3.63) is 47.4 Å². The summed E-state index contributed by atoms with van der Waals surface area (Å²) >= 11 is 6.22. The first-order valence-corrected chi connectivity index (χ1v) is 8.43. The molecule has 0 unspecified atom stereocenters. The lowest BCUT2D eigenvalue weighted by Gasteiger charge is -2.24. The maximum atomic E-state index is 12.3. The first-order chi connectivity index (χ1) is 11.6. The third kappa shape index (κ3) is 4.30. The number of halogens is 1. The van der Waals surface area contributed by atoms with Crippen molar-refractivity contribution in [3.63, 3.8) is 0 Å². The van der Waals surface area contributed by atoms with Gasteiger partial charge in [-0.3, -0.25) is 4.79 Å². The minimum Gasteiger partial charge on any atom is -0.484 e. The van der Waals surface area contributed by atoms with Gasteiger partial charge in [-0.25, -0.2) is 0 Å². The molecular formula is C18H20ClNO4. The molecule has 0 spiro atoms. The van der Waals surface area contributed by atoms with Crippen molar-refractivity contribution in [2.45, 2.75) is 38.4 Å². The Hall–Kier alpha value is -1.98. The van der Waals surface area contributed by atoms with Gasteiger partial charge in [0.05, 0.1) is 17.4 Å². The van der Waals surface area contributed by atoms with Crippen molar-refractivity contribution in [1.29, 1.82) is 0 Å². The van der Waals surface area contributed by atoms with Gasteiger partial charge in [0, 0.05) is 11.6 Å². The van der Waals surface area contributed by atoms with Crippen LogP contribution in [-0.2, 0) is 11.4 Å². The standard InChI is InChI=1S/C18H20ClNO4/c19-16-10-13(20-18(22)12-3-6-14(21)7-4-12)5-8-17(16)24-11-15-2-1-9-23-15/h1-2,5,8-10,12,14,21H,3-4,6-7,11H2,(H,20,22). The summed E-state index contributed by atoms with van der Waals surface area (Å²) in [6.07, 6.45) is 4.10. The van der Waals surface area contributed by atoms with E-state index in [2.05, 4.69) is 5.32 Å². The fourth-order valence-electron chi connectivity index (χ4n) is 2.82. The molecular weight excluding hydrogens is 330 g/mol. The summed E-state index contributed by atoms with van der Waals surface area (Å²) in [6.45, 7) is 0.294. The first kappa shape index (κ1) is 16.9. The van der Waals surface area contributed by atoms with Crippen LogP contribution in [0.15, 0.2) is 41.0 Å². The average molecular weight is 350 g/mol. The molecule has 1 fully saturated rings. The van der Waals surface area contributed by atoms with E-state index < -0.39 is 0 Å². The quantitative estimate of drug-likeness (QED) is 0.855. The molecule has 0 aliphatic heterocycles. The Morgan fingerprint density at radius 1 is 1.29 bits per heavy atom. The van der Waals surface area contributed by atoms with Gasteiger partial charge in [-0.1, -0.05) is 11.6 Å². The number of ether oxygens (including phenoxy) is 1. The number of rotatable bonds is 5. The molecule has 1 aliphatic rings. The highest BCUT2D eigenvalue weighted by molar-refractivity contribution is 6.32. The van der Waals surface area contributed by atoms with E-state index in [9.17, 15) is 9.90 Å². The topological polar surface area (TPSA) is 71.7 Å². The minimum atomic E-state index is -0.269. The van der Waals surface area contributed by atoms with Crippen molar-refractivity contribution in [2.24, 2.45) is 5.92 Å². The number of anilines is 1. The predicted molar refractivity (Wildman–Crippen MR) is 91.1 cm³/mol. The summed E-state index contributed by atoms with van der Waals surface area (Å²) in [7, 11) is 0. The van der Waals surface area contributed by atoms with Gasteiger partial charge in [-0.2, -0.15) is 0 Å². The molecule has 1 aromatic carbocycles. The zero-order chi connectivity index (χ0) is 16.9. The summed E-state index contributed by atoms with van der Waals surface area (Å²) in [6, 6.07) is 8.78. The maximum Gasteiger partial charge on any atom is 0.227 e. The Balaban J connectivity index is 1.56. The van der Waals surface area contributed by atoms with E-state index in [4.69, 9.17) is 20.8 Å². The second-order valence-electron chi connectivity index (χ2n) is 6.01. The van der Waals surface area contributed by atoms with E-state index in [-0.39, 0.29) is 17.9 Å². The number of amides is 1. The van der Waals surface area contributed by atoms with E-state index in [1.807, 2.05) is 6.07 Å². The number of aliphatic hydroxyl groups is 1. The molecule has 24 heavy (non-hydrogen) atoms. The second-order valence-corrected chi connectivity index (χ2v) is 6.42. The van der Waals surface area contributed by atoms with Gasteiger partial charge in [0.1, 0.15) is 18.1 Å². The monoisotopic (exact) mass is 349 g/mol. The van der Waals surface area contributed by atoms with Crippen molar-refractivity contribution in [2.75, 3.05) is 5.32 Å². The van der Waals surface area contributed by atoms with Crippen LogP contribution in [0.1, 0.15) is 31.4 Å². The van der Waals surface area contributed by atoms with Crippen molar-refractivity contribution < 1.29 is 19.1 Å². The summed E-state index contributed by atoms with van der Waals surface area (Å²) in [5.41, 5.74) is 0.640. The van der Waals surface area contributed by atoms with Gasteiger partial charge < -0.3 is 19.6 Å². The maximum absolute atomic E-state index is 12.3. The third-order valence-corrected chi connectivity index (χ3v) is 4.51. The van der Waals surface area contributed by atoms with E-state index in [0.717, 1.165) is 0 Å². The number of carbonyl (C=O) groups excluding carboxylic acids is 1. The summed E-state index contributed by atoms with van der Waals surface area (Å²) in [5, 5.41) is 12.8. The Labute approximate surface area is 145 Å². The van der Waals surface area contributed by atoms with Crippen LogP contribution in [0.25, 0.3) is 0 Å². The number of nitrogens with one attached hydrogen (secondary N) is 1. The predicted octanol–water partition coefficient (Wildman–Crippen LogP) is 4.00. The van der Waals surface area contributed by atoms with Gasteiger partial charge in [-0.05, 0) is 56.0 Å². The number of carbonyl (C=O) groups is 1. The summed E-state index contributed by atoms with van der Waals surface area (Å²) in [5.74, 6) is 1.17.